The second-order valence-electron chi connectivity index (χ2n) is 6.39. The molecule has 2 N–H and O–H groups in total. The van der Waals surface area contributed by atoms with Crippen LogP contribution in [0.15, 0.2) is 48.5 Å². The number of alkyl halides is 3. The van der Waals surface area contributed by atoms with Gasteiger partial charge in [-0.1, -0.05) is 24.3 Å². The molecule has 0 aliphatic carbocycles. The highest BCUT2D eigenvalue weighted by Gasteiger charge is 2.31. The topological polar surface area (TPSA) is 42.8 Å². The van der Waals surface area contributed by atoms with Crippen molar-refractivity contribution < 1.29 is 27.6 Å². The maximum atomic E-state index is 12.5. The first-order valence-corrected chi connectivity index (χ1v) is 8.40. The van der Waals surface area contributed by atoms with Gasteiger partial charge in [-0.05, 0) is 36.8 Å². The molecule has 2 atom stereocenters. The van der Waals surface area contributed by atoms with Crippen molar-refractivity contribution in [2.24, 2.45) is 0 Å². The fourth-order valence-corrected chi connectivity index (χ4v) is 3.15. The lowest BCUT2D eigenvalue weighted by Crippen LogP contribution is -3.16. The van der Waals surface area contributed by atoms with Crippen LogP contribution < -0.4 is 15.0 Å². The molecule has 0 radical (unpaired) electrons. The zero-order valence-corrected chi connectivity index (χ0v) is 14.3. The van der Waals surface area contributed by atoms with E-state index in [1.807, 2.05) is 19.1 Å². The zero-order chi connectivity index (χ0) is 18.7. The molecule has 2 aromatic rings. The number of carbonyl (C=O) groups excluding carboxylic acids is 1. The molecule has 138 valence electrons. The Morgan fingerprint density at radius 3 is 2.42 bits per heavy atom. The Balaban J connectivity index is 1.59. The fraction of sp³-hybridized carbons (Fsp3) is 0.316. The minimum absolute atomic E-state index is 0.163. The molecule has 0 fully saturated rings. The lowest BCUT2D eigenvalue weighted by molar-refractivity contribution is -0.929. The van der Waals surface area contributed by atoms with Crippen LogP contribution in [0.5, 0.6) is 5.75 Å². The van der Waals surface area contributed by atoms with Crippen molar-refractivity contribution in [2.45, 2.75) is 32.3 Å². The molecule has 1 heterocycles. The molecule has 0 saturated carbocycles. The smallest absolute Gasteiger partial charge is 0.406 e. The summed E-state index contributed by atoms with van der Waals surface area (Å²) in [5.41, 5.74) is 3.01. The largest absolute Gasteiger partial charge is 0.573 e. The van der Waals surface area contributed by atoms with Crippen molar-refractivity contribution in [3.8, 4) is 5.75 Å². The molecule has 1 aliphatic heterocycles. The van der Waals surface area contributed by atoms with Crippen LogP contribution in [0.3, 0.4) is 0 Å². The molecule has 1 amide bonds. The van der Waals surface area contributed by atoms with Gasteiger partial charge in [0.2, 0.25) is 0 Å². The lowest BCUT2D eigenvalue weighted by atomic mass is 9.99. The van der Waals surface area contributed by atoms with Crippen LogP contribution in [0.2, 0.25) is 0 Å². The third-order valence-electron chi connectivity index (χ3n) is 4.61. The quantitative estimate of drug-likeness (QED) is 0.875. The average Bonchev–Trinajstić information content (AvgIpc) is 2.61. The number of hydrogen-bond acceptors (Lipinski definition) is 2. The molecule has 4 nitrogen and oxygen atoms in total. The summed E-state index contributed by atoms with van der Waals surface area (Å²) in [6.07, 6.45) is -3.81. The van der Waals surface area contributed by atoms with Gasteiger partial charge in [-0.2, -0.15) is 0 Å². The predicted octanol–water partition coefficient (Wildman–Crippen LogP) is 2.55. The molecule has 0 saturated heterocycles. The zero-order valence-electron chi connectivity index (χ0n) is 14.3. The summed E-state index contributed by atoms with van der Waals surface area (Å²) >= 11 is 0. The van der Waals surface area contributed by atoms with E-state index < -0.39 is 6.36 Å². The van der Waals surface area contributed by atoms with Crippen molar-refractivity contribution in [1.82, 2.24) is 0 Å². The number of benzene rings is 2. The Morgan fingerprint density at radius 2 is 1.77 bits per heavy atom. The summed E-state index contributed by atoms with van der Waals surface area (Å²) in [7, 11) is 0. The first-order valence-electron chi connectivity index (χ1n) is 8.40. The van der Waals surface area contributed by atoms with Gasteiger partial charge in [-0.3, -0.25) is 4.79 Å². The molecule has 0 aromatic heterocycles. The van der Waals surface area contributed by atoms with Crippen molar-refractivity contribution in [1.29, 1.82) is 0 Å². The molecule has 7 heteroatoms. The van der Waals surface area contributed by atoms with Crippen LogP contribution in [0.4, 0.5) is 18.9 Å². The number of halogens is 3. The van der Waals surface area contributed by atoms with E-state index in [4.69, 9.17) is 0 Å². The molecular formula is C19H20F3N2O2+. The minimum Gasteiger partial charge on any atom is -0.406 e. The van der Waals surface area contributed by atoms with E-state index in [1.54, 1.807) is 0 Å². The van der Waals surface area contributed by atoms with Crippen molar-refractivity contribution in [3.63, 3.8) is 0 Å². The van der Waals surface area contributed by atoms with Crippen LogP contribution in [0, 0.1) is 0 Å². The molecule has 0 spiro atoms. The number of rotatable bonds is 4. The number of amides is 1. The minimum atomic E-state index is -4.73. The van der Waals surface area contributed by atoms with Gasteiger partial charge in [0, 0.05) is 17.7 Å². The highest BCUT2D eigenvalue weighted by atomic mass is 19.4. The molecule has 26 heavy (non-hydrogen) atoms. The van der Waals surface area contributed by atoms with Crippen LogP contribution in [0.1, 0.15) is 18.1 Å². The van der Waals surface area contributed by atoms with Gasteiger partial charge < -0.3 is 15.0 Å². The molecule has 1 unspecified atom stereocenters. The SMILES string of the molecule is C[C@H](C(=O)Nc1ccc(OC(F)(F)F)cc1)[NH+]1CCc2ccccc2C1. The summed E-state index contributed by atoms with van der Waals surface area (Å²) in [5, 5.41) is 2.76. The summed E-state index contributed by atoms with van der Waals surface area (Å²) in [5.74, 6) is -0.481. The Bertz CT molecular complexity index is 775. The summed E-state index contributed by atoms with van der Waals surface area (Å²) in [6, 6.07) is 13.1. The Morgan fingerprint density at radius 1 is 1.12 bits per heavy atom. The van der Waals surface area contributed by atoms with E-state index in [0.717, 1.165) is 19.5 Å². The maximum Gasteiger partial charge on any atom is 0.573 e. The number of ether oxygens (including phenoxy) is 1. The summed E-state index contributed by atoms with van der Waals surface area (Å²) in [4.78, 5) is 13.7. The van der Waals surface area contributed by atoms with Gasteiger partial charge >= 0.3 is 6.36 Å². The Hall–Kier alpha value is -2.54. The first kappa shape index (κ1) is 18.3. The first-order chi connectivity index (χ1) is 12.3. The van der Waals surface area contributed by atoms with E-state index >= 15 is 0 Å². The maximum absolute atomic E-state index is 12.5. The summed E-state index contributed by atoms with van der Waals surface area (Å²) in [6.45, 7) is 3.51. The lowest BCUT2D eigenvalue weighted by Gasteiger charge is -2.30. The van der Waals surface area contributed by atoms with Crippen LogP contribution >= 0.6 is 0 Å². The van der Waals surface area contributed by atoms with Crippen LogP contribution in [-0.4, -0.2) is 24.9 Å². The number of fused-ring (bicyclic) bond motifs is 1. The highest BCUT2D eigenvalue weighted by molar-refractivity contribution is 5.93. The number of anilines is 1. The van der Waals surface area contributed by atoms with Crippen molar-refractivity contribution >= 4 is 11.6 Å². The van der Waals surface area contributed by atoms with Gasteiger partial charge in [0.05, 0.1) is 6.54 Å². The van der Waals surface area contributed by atoms with Gasteiger partial charge in [0.15, 0.2) is 6.04 Å². The number of quaternary nitrogens is 1. The van der Waals surface area contributed by atoms with Crippen molar-refractivity contribution in [3.05, 3.63) is 59.7 Å². The van der Waals surface area contributed by atoms with E-state index in [-0.39, 0.29) is 17.7 Å². The van der Waals surface area contributed by atoms with Gasteiger partial charge in [-0.15, -0.1) is 13.2 Å². The second kappa shape index (κ2) is 7.37. The summed E-state index contributed by atoms with van der Waals surface area (Å²) < 4.78 is 40.3. The van der Waals surface area contributed by atoms with Gasteiger partial charge in [0.1, 0.15) is 12.3 Å². The van der Waals surface area contributed by atoms with Crippen LogP contribution in [0.25, 0.3) is 0 Å². The van der Waals surface area contributed by atoms with Crippen molar-refractivity contribution in [2.75, 3.05) is 11.9 Å². The second-order valence-corrected chi connectivity index (χ2v) is 6.39. The molecular weight excluding hydrogens is 345 g/mol. The number of hydrogen-bond donors (Lipinski definition) is 2. The van der Waals surface area contributed by atoms with E-state index in [1.165, 1.54) is 40.3 Å². The van der Waals surface area contributed by atoms with Crippen LogP contribution in [-0.2, 0) is 17.8 Å². The molecule has 2 aromatic carbocycles. The van der Waals surface area contributed by atoms with E-state index in [0.29, 0.717) is 5.69 Å². The normalized spacial score (nSPS) is 17.9. The highest BCUT2D eigenvalue weighted by Crippen LogP contribution is 2.24. The third-order valence-corrected chi connectivity index (χ3v) is 4.61. The van der Waals surface area contributed by atoms with Gasteiger partial charge in [0.25, 0.3) is 5.91 Å². The Kier molecular flexibility index (Phi) is 5.18. The number of nitrogens with one attached hydrogen (secondary N) is 2. The van der Waals surface area contributed by atoms with E-state index in [9.17, 15) is 18.0 Å². The predicted molar refractivity (Wildman–Crippen MR) is 90.9 cm³/mol. The van der Waals surface area contributed by atoms with Gasteiger partial charge in [-0.25, -0.2) is 0 Å². The fourth-order valence-electron chi connectivity index (χ4n) is 3.15. The standard InChI is InChI=1S/C19H19F3N2O2/c1-13(24-11-10-14-4-2-3-5-15(14)12-24)18(25)23-16-6-8-17(9-7-16)26-19(20,21)22/h2-9,13H,10-12H2,1H3,(H,23,25)/p+1/t13-/m1/s1. The molecule has 1 aliphatic rings. The van der Waals surface area contributed by atoms with E-state index in [2.05, 4.69) is 22.2 Å². The number of carbonyl (C=O) groups is 1. The molecule has 0 bridgehead atoms. The Labute approximate surface area is 149 Å². The third kappa shape index (κ3) is 4.54. The molecule has 3 rings (SSSR count). The average molecular weight is 365 g/mol. The monoisotopic (exact) mass is 365 g/mol.